The van der Waals surface area contributed by atoms with Crippen LogP contribution in [0.4, 0.5) is 5.69 Å². The van der Waals surface area contributed by atoms with Crippen molar-refractivity contribution in [3.63, 3.8) is 0 Å². The summed E-state index contributed by atoms with van der Waals surface area (Å²) in [5, 5.41) is 0. The van der Waals surface area contributed by atoms with E-state index in [1.807, 2.05) is 11.8 Å². The van der Waals surface area contributed by atoms with Gasteiger partial charge >= 0.3 is 0 Å². The summed E-state index contributed by atoms with van der Waals surface area (Å²) < 4.78 is 2.44. The van der Waals surface area contributed by atoms with Crippen LogP contribution in [0.3, 0.4) is 0 Å². The van der Waals surface area contributed by atoms with Crippen LogP contribution in [0.15, 0.2) is 126 Å². The van der Waals surface area contributed by atoms with Crippen molar-refractivity contribution in [2.45, 2.75) is 11.8 Å². The van der Waals surface area contributed by atoms with Crippen molar-refractivity contribution < 1.29 is 4.58 Å². The summed E-state index contributed by atoms with van der Waals surface area (Å²) in [4.78, 5) is 1.38. The second-order valence-corrected chi connectivity index (χ2v) is 9.84. The van der Waals surface area contributed by atoms with Crippen molar-refractivity contribution in [3.05, 3.63) is 132 Å². The van der Waals surface area contributed by atoms with Gasteiger partial charge in [-0.3, -0.25) is 0 Å². The number of nitrogens with zero attached hydrogens (tertiary/aromatic N) is 1. The van der Waals surface area contributed by atoms with Crippen LogP contribution in [0, 0.1) is 6.92 Å². The average Bonchev–Trinajstić information content (AvgIpc) is 2.94. The molecule has 0 unspecified atom stereocenters. The molecule has 0 aliphatic carbocycles. The zero-order valence-electron chi connectivity index (χ0n) is 19.7. The molecule has 1 nitrogen and oxygen atoms in total. The highest BCUT2D eigenvalue weighted by Gasteiger charge is 2.27. The molecular weight excluding hydrogens is 442 g/mol. The standard InChI is InChI=1S/C33H26NS/c1-24-12-11-19-28-22-34(23-35-33(24)28)32-30(26-15-7-3-8-16-26)20-29(25-13-5-2-6-14-25)21-31(32)27-17-9-4-10-18-27/h2-22H,23H2,1H3/q+1. The van der Waals surface area contributed by atoms with E-state index in [0.29, 0.717) is 0 Å². The monoisotopic (exact) mass is 468 g/mol. The first-order valence-corrected chi connectivity index (χ1v) is 12.9. The molecule has 0 N–H and O–H groups in total. The Morgan fingerprint density at radius 2 is 1.11 bits per heavy atom. The third kappa shape index (κ3) is 4.22. The molecule has 0 saturated carbocycles. The van der Waals surface area contributed by atoms with Crippen LogP contribution in [0.1, 0.15) is 11.1 Å². The highest BCUT2D eigenvalue weighted by atomic mass is 32.2. The maximum atomic E-state index is 2.44. The molecule has 0 spiro atoms. The van der Waals surface area contributed by atoms with Crippen LogP contribution in [0.2, 0.25) is 0 Å². The van der Waals surface area contributed by atoms with Crippen LogP contribution in [0.5, 0.6) is 0 Å². The van der Waals surface area contributed by atoms with Crippen LogP contribution < -0.4 is 0 Å². The van der Waals surface area contributed by atoms with E-state index in [0.717, 1.165) is 5.88 Å². The predicted octanol–water partition coefficient (Wildman–Crippen LogP) is 8.82. The van der Waals surface area contributed by atoms with Crippen molar-refractivity contribution in [3.8, 4) is 33.4 Å². The van der Waals surface area contributed by atoms with Crippen molar-refractivity contribution in [2.24, 2.45) is 0 Å². The van der Waals surface area contributed by atoms with Crippen molar-refractivity contribution in [2.75, 3.05) is 5.88 Å². The third-order valence-corrected chi connectivity index (χ3v) is 7.81. The Bertz CT molecular complexity index is 1460. The van der Waals surface area contributed by atoms with E-state index in [-0.39, 0.29) is 0 Å². The lowest BCUT2D eigenvalue weighted by molar-refractivity contribution is -0.409. The summed E-state index contributed by atoms with van der Waals surface area (Å²) in [6.07, 6.45) is 2.33. The Morgan fingerprint density at radius 3 is 1.69 bits per heavy atom. The molecule has 5 aromatic carbocycles. The first-order chi connectivity index (χ1) is 17.3. The highest BCUT2D eigenvalue weighted by Crippen LogP contribution is 2.44. The molecule has 0 bridgehead atoms. The summed E-state index contributed by atoms with van der Waals surface area (Å²) in [6, 6.07) is 43.6. The van der Waals surface area contributed by atoms with Gasteiger partial charge in [0.25, 0.3) is 0 Å². The summed E-state index contributed by atoms with van der Waals surface area (Å²) in [5.74, 6) is 0.877. The maximum Gasteiger partial charge on any atom is 0.221 e. The Hall–Kier alpha value is -3.88. The van der Waals surface area contributed by atoms with E-state index in [2.05, 4.69) is 139 Å². The van der Waals surface area contributed by atoms with E-state index in [9.17, 15) is 0 Å². The van der Waals surface area contributed by atoms with Gasteiger partial charge in [-0.1, -0.05) is 115 Å². The average molecular weight is 469 g/mol. The van der Waals surface area contributed by atoms with Crippen LogP contribution in [-0.2, 0) is 0 Å². The molecule has 1 aliphatic heterocycles. The lowest BCUT2D eigenvalue weighted by Gasteiger charge is -2.19. The van der Waals surface area contributed by atoms with E-state index in [1.165, 1.54) is 55.1 Å². The Morgan fingerprint density at radius 1 is 0.571 bits per heavy atom. The largest absolute Gasteiger partial charge is 0.221 e. The number of fused-ring (bicyclic) bond motifs is 1. The number of aryl methyl sites for hydroxylation is 1. The normalized spacial score (nSPS) is 12.7. The van der Waals surface area contributed by atoms with Gasteiger partial charge in [-0.15, -0.1) is 0 Å². The quantitative estimate of drug-likeness (QED) is 0.238. The molecule has 35 heavy (non-hydrogen) atoms. The van der Waals surface area contributed by atoms with E-state index in [1.54, 1.807) is 0 Å². The summed E-state index contributed by atoms with van der Waals surface area (Å²) in [5.41, 5.74) is 11.3. The topological polar surface area (TPSA) is 3.01 Å². The molecule has 6 rings (SSSR count). The smallest absolute Gasteiger partial charge is 0.187 e. The van der Waals surface area contributed by atoms with Crippen LogP contribution in [-0.4, -0.2) is 16.7 Å². The lowest BCUT2D eigenvalue weighted by atomic mass is 9.90. The molecule has 0 saturated heterocycles. The Labute approximate surface area is 211 Å². The third-order valence-electron chi connectivity index (χ3n) is 6.56. The fraction of sp³-hybridized carbons (Fsp3) is 0.0606. The fourth-order valence-electron chi connectivity index (χ4n) is 4.86. The Balaban J connectivity index is 1.67. The highest BCUT2D eigenvalue weighted by molar-refractivity contribution is 7.99. The van der Waals surface area contributed by atoms with Crippen LogP contribution in [0.25, 0.3) is 33.4 Å². The molecule has 0 radical (unpaired) electrons. The second kappa shape index (κ2) is 9.40. The number of benzene rings is 5. The molecule has 0 amide bonds. The van der Waals surface area contributed by atoms with Crippen LogP contribution >= 0.6 is 11.8 Å². The van der Waals surface area contributed by atoms with Gasteiger partial charge in [-0.25, -0.2) is 0 Å². The number of hydrogen-bond acceptors (Lipinski definition) is 1. The molecular formula is C33H26NS+. The molecule has 5 aromatic rings. The molecule has 168 valence electrons. The number of thioether (sulfide) groups is 1. The Kier molecular flexibility index (Phi) is 5.81. The van der Waals surface area contributed by atoms with Gasteiger partial charge in [-0.2, -0.15) is 4.58 Å². The fourth-order valence-corrected chi connectivity index (χ4v) is 5.91. The molecule has 1 aliphatic rings. The zero-order valence-corrected chi connectivity index (χ0v) is 20.5. The summed E-state index contributed by atoms with van der Waals surface area (Å²) in [6.45, 7) is 2.20. The minimum Gasteiger partial charge on any atom is -0.187 e. The van der Waals surface area contributed by atoms with Gasteiger partial charge in [0.2, 0.25) is 5.69 Å². The van der Waals surface area contributed by atoms with Gasteiger partial charge in [-0.05, 0) is 52.9 Å². The van der Waals surface area contributed by atoms with Gasteiger partial charge < -0.3 is 0 Å². The molecule has 1 heterocycles. The van der Waals surface area contributed by atoms with Crippen molar-refractivity contribution in [1.82, 2.24) is 0 Å². The molecule has 0 aromatic heterocycles. The van der Waals surface area contributed by atoms with Crippen molar-refractivity contribution in [1.29, 1.82) is 0 Å². The maximum absolute atomic E-state index is 2.44. The van der Waals surface area contributed by atoms with Gasteiger partial charge in [0.15, 0.2) is 12.1 Å². The first kappa shape index (κ1) is 21.6. The SMILES string of the molecule is Cc1cccc2c1SC[N+](c1c(-c3ccccc3)cc(-c3ccccc3)cc1-c1ccccc1)=C2. The van der Waals surface area contributed by atoms with E-state index < -0.39 is 0 Å². The number of hydrogen-bond donors (Lipinski definition) is 0. The van der Waals surface area contributed by atoms with Crippen molar-refractivity contribution >= 4 is 23.7 Å². The molecule has 0 fully saturated rings. The van der Waals surface area contributed by atoms with Gasteiger partial charge in [0.05, 0.1) is 16.7 Å². The predicted molar refractivity (Wildman–Crippen MR) is 150 cm³/mol. The minimum absolute atomic E-state index is 0.877. The number of rotatable bonds is 4. The molecule has 0 atom stereocenters. The van der Waals surface area contributed by atoms with E-state index in [4.69, 9.17) is 0 Å². The molecule has 2 heteroatoms. The minimum atomic E-state index is 0.877. The van der Waals surface area contributed by atoms with E-state index >= 15 is 0 Å². The first-order valence-electron chi connectivity index (χ1n) is 12.0. The van der Waals surface area contributed by atoms with Gasteiger partial charge in [0, 0.05) is 4.90 Å². The zero-order chi connectivity index (χ0) is 23.6. The summed E-state index contributed by atoms with van der Waals surface area (Å²) in [7, 11) is 0. The van der Waals surface area contributed by atoms with Gasteiger partial charge in [0.1, 0.15) is 0 Å². The lowest BCUT2D eigenvalue weighted by Crippen LogP contribution is -2.15. The summed E-state index contributed by atoms with van der Waals surface area (Å²) >= 11 is 1.92. The second-order valence-electron chi connectivity index (χ2n) is 8.88.